The van der Waals surface area contributed by atoms with Crippen molar-refractivity contribution in [3.8, 4) is 17.2 Å². The summed E-state index contributed by atoms with van der Waals surface area (Å²) in [6, 6.07) is 8.65. The Bertz CT molecular complexity index is 1010. The van der Waals surface area contributed by atoms with E-state index in [0.717, 1.165) is 6.07 Å². The minimum Gasteiger partial charge on any atom is -0.461 e. The number of rotatable bonds is 7. The molecule has 5 unspecified atom stereocenters. The summed E-state index contributed by atoms with van der Waals surface area (Å²) in [7, 11) is 0. The molecule has 0 spiro atoms. The second kappa shape index (κ2) is 10.1. The number of nitro groups is 1. The van der Waals surface area contributed by atoms with Crippen molar-refractivity contribution < 1.29 is 44.4 Å². The number of carbonyl (C=O) groups is 1. The molecule has 5 N–H and O–H groups in total. The van der Waals surface area contributed by atoms with Crippen molar-refractivity contribution in [2.24, 2.45) is 0 Å². The van der Waals surface area contributed by atoms with Crippen LogP contribution in [-0.4, -0.2) is 68.6 Å². The van der Waals surface area contributed by atoms with Gasteiger partial charge in [-0.25, -0.2) is 0 Å². The van der Waals surface area contributed by atoms with E-state index in [0.29, 0.717) is 11.3 Å². The molecular weight excluding hydrogens is 440 g/mol. The average molecular weight is 464 g/mol. The minimum absolute atomic E-state index is 0.0283. The van der Waals surface area contributed by atoms with Gasteiger partial charge in [0, 0.05) is 12.6 Å². The van der Waals surface area contributed by atoms with E-state index in [1.165, 1.54) is 25.1 Å². The third kappa shape index (κ3) is 5.56. The maximum atomic E-state index is 11.6. The van der Waals surface area contributed by atoms with E-state index in [1.807, 2.05) is 0 Å². The Hall–Kier alpha value is -3.29. The van der Waals surface area contributed by atoms with Crippen LogP contribution >= 0.6 is 0 Å². The molecule has 1 fully saturated rings. The van der Waals surface area contributed by atoms with Crippen molar-refractivity contribution in [1.82, 2.24) is 0 Å². The number of nitro benzene ring substituents is 1. The Morgan fingerprint density at radius 1 is 1.12 bits per heavy atom. The third-order valence-electron chi connectivity index (χ3n) is 4.95. The summed E-state index contributed by atoms with van der Waals surface area (Å²) < 4.78 is 16.5. The fourth-order valence-electron chi connectivity index (χ4n) is 3.23. The van der Waals surface area contributed by atoms with Gasteiger partial charge in [0.05, 0.1) is 17.6 Å². The van der Waals surface area contributed by atoms with Gasteiger partial charge in [0.15, 0.2) is 0 Å². The van der Waals surface area contributed by atoms with Crippen LogP contribution in [0.3, 0.4) is 0 Å². The number of benzene rings is 2. The molecule has 12 nitrogen and oxygen atoms in total. The molecule has 5 atom stereocenters. The molecule has 1 saturated heterocycles. The van der Waals surface area contributed by atoms with Crippen molar-refractivity contribution in [3.63, 3.8) is 0 Å². The molecule has 0 saturated carbocycles. The maximum Gasteiger partial charge on any atom is 0.315 e. The summed E-state index contributed by atoms with van der Waals surface area (Å²) in [5.74, 6) is -0.0653. The van der Waals surface area contributed by atoms with Crippen LogP contribution in [0.25, 0.3) is 0 Å². The van der Waals surface area contributed by atoms with Crippen LogP contribution in [0.5, 0.6) is 17.2 Å². The van der Waals surface area contributed by atoms with E-state index in [9.17, 15) is 35.3 Å². The highest BCUT2D eigenvalue weighted by molar-refractivity contribution is 5.88. The van der Waals surface area contributed by atoms with Gasteiger partial charge in [-0.05, 0) is 42.8 Å². The number of anilines is 1. The normalized spacial score (nSPS) is 24.7. The second-order valence-electron chi connectivity index (χ2n) is 7.47. The number of aliphatic hydroxyl groups excluding tert-OH is 4. The van der Waals surface area contributed by atoms with Gasteiger partial charge in [-0.3, -0.25) is 14.9 Å². The molecule has 178 valence electrons. The molecule has 0 radical (unpaired) electrons. The first-order chi connectivity index (χ1) is 15.6. The van der Waals surface area contributed by atoms with Crippen molar-refractivity contribution in [2.75, 3.05) is 11.9 Å². The number of ether oxygens (including phenoxy) is 3. The molecule has 3 rings (SSSR count). The van der Waals surface area contributed by atoms with Gasteiger partial charge in [-0.15, -0.1) is 0 Å². The molecule has 33 heavy (non-hydrogen) atoms. The van der Waals surface area contributed by atoms with Crippen molar-refractivity contribution in [2.45, 2.75) is 44.6 Å². The summed E-state index contributed by atoms with van der Waals surface area (Å²) in [6.45, 7) is 2.30. The van der Waals surface area contributed by atoms with Crippen LogP contribution in [0.4, 0.5) is 11.4 Å². The number of carbonyl (C=O) groups excluding carboxylic acids is 1. The third-order valence-corrected chi connectivity index (χ3v) is 4.95. The SMILES string of the molecule is CC(=O)Nc1ccc(Oc2cc(C)c(OC3OC(CO)C(O)C(O)C3O)cc2[N+](=O)[O-])cc1. The van der Waals surface area contributed by atoms with Crippen LogP contribution in [0.15, 0.2) is 36.4 Å². The van der Waals surface area contributed by atoms with Crippen molar-refractivity contribution in [3.05, 3.63) is 52.1 Å². The maximum absolute atomic E-state index is 11.6. The summed E-state index contributed by atoms with van der Waals surface area (Å²) in [6.07, 6.45) is -7.56. The van der Waals surface area contributed by atoms with Crippen molar-refractivity contribution in [1.29, 1.82) is 0 Å². The number of hydrogen-bond acceptors (Lipinski definition) is 10. The Morgan fingerprint density at radius 2 is 1.79 bits per heavy atom. The van der Waals surface area contributed by atoms with Crippen molar-refractivity contribution >= 4 is 17.3 Å². The zero-order chi connectivity index (χ0) is 24.3. The van der Waals surface area contributed by atoms with E-state index < -0.39 is 47.9 Å². The van der Waals surface area contributed by atoms with Crippen LogP contribution in [-0.2, 0) is 9.53 Å². The number of nitrogens with one attached hydrogen (secondary N) is 1. The van der Waals surface area contributed by atoms with Gasteiger partial charge < -0.3 is 40.0 Å². The zero-order valence-corrected chi connectivity index (χ0v) is 17.7. The molecule has 0 bridgehead atoms. The van der Waals surface area contributed by atoms with Crippen LogP contribution in [0, 0.1) is 17.0 Å². The van der Waals surface area contributed by atoms with E-state index in [1.54, 1.807) is 19.1 Å². The first-order valence-corrected chi connectivity index (χ1v) is 9.92. The van der Waals surface area contributed by atoms with E-state index in [4.69, 9.17) is 14.2 Å². The highest BCUT2D eigenvalue weighted by Gasteiger charge is 2.45. The molecular formula is C21H24N2O10. The molecule has 2 aromatic carbocycles. The van der Waals surface area contributed by atoms with Gasteiger partial charge >= 0.3 is 5.69 Å². The largest absolute Gasteiger partial charge is 0.461 e. The standard InChI is InChI=1S/C21H24N2O10/c1-10-7-16(31-13-5-3-12(4-6-13)22-11(2)25)14(23(29)30)8-15(10)32-21-20(28)19(27)18(26)17(9-24)33-21/h3-8,17-21,24,26-28H,9H2,1-2H3,(H,22,25). The first-order valence-electron chi connectivity index (χ1n) is 9.92. The number of nitrogens with zero attached hydrogens (tertiary/aromatic N) is 1. The first kappa shape index (κ1) is 24.4. The smallest absolute Gasteiger partial charge is 0.315 e. The molecule has 0 aliphatic carbocycles. The lowest BCUT2D eigenvalue weighted by molar-refractivity contribution is -0.385. The fourth-order valence-corrected chi connectivity index (χ4v) is 3.23. The highest BCUT2D eigenvalue weighted by atomic mass is 16.7. The predicted octanol–water partition coefficient (Wildman–Crippen LogP) is 0.833. The molecule has 2 aromatic rings. The minimum atomic E-state index is -1.67. The summed E-state index contributed by atoms with van der Waals surface area (Å²) in [4.78, 5) is 22.1. The van der Waals surface area contributed by atoms with E-state index in [2.05, 4.69) is 5.32 Å². The van der Waals surface area contributed by atoms with E-state index >= 15 is 0 Å². The quantitative estimate of drug-likeness (QED) is 0.291. The number of aliphatic hydroxyl groups is 4. The lowest BCUT2D eigenvalue weighted by Crippen LogP contribution is -2.60. The monoisotopic (exact) mass is 464 g/mol. The Labute approximate surface area is 188 Å². The topological polar surface area (TPSA) is 181 Å². The van der Waals surface area contributed by atoms with E-state index in [-0.39, 0.29) is 23.2 Å². The average Bonchev–Trinajstić information content (AvgIpc) is 2.76. The Kier molecular flexibility index (Phi) is 7.46. The summed E-state index contributed by atoms with van der Waals surface area (Å²) in [5.41, 5.74) is 0.484. The molecule has 0 aromatic heterocycles. The fraction of sp³-hybridized carbons (Fsp3) is 0.381. The molecule has 1 aliphatic heterocycles. The summed E-state index contributed by atoms with van der Waals surface area (Å²) in [5, 5.41) is 53.5. The lowest BCUT2D eigenvalue weighted by Gasteiger charge is -2.39. The van der Waals surface area contributed by atoms with Crippen LogP contribution in [0.2, 0.25) is 0 Å². The zero-order valence-electron chi connectivity index (χ0n) is 17.7. The molecule has 12 heteroatoms. The van der Waals surface area contributed by atoms with Crippen LogP contribution < -0.4 is 14.8 Å². The number of hydrogen-bond donors (Lipinski definition) is 5. The van der Waals surface area contributed by atoms with Gasteiger partial charge in [-0.2, -0.15) is 0 Å². The Balaban J connectivity index is 1.84. The number of amides is 1. The molecule has 1 amide bonds. The van der Waals surface area contributed by atoms with Gasteiger partial charge in [-0.1, -0.05) is 0 Å². The predicted molar refractivity (Wildman–Crippen MR) is 113 cm³/mol. The van der Waals surface area contributed by atoms with Gasteiger partial charge in [0.1, 0.15) is 35.9 Å². The number of aryl methyl sites for hydroxylation is 1. The van der Waals surface area contributed by atoms with Crippen LogP contribution in [0.1, 0.15) is 12.5 Å². The van der Waals surface area contributed by atoms with Gasteiger partial charge in [0.2, 0.25) is 17.9 Å². The van der Waals surface area contributed by atoms with Gasteiger partial charge in [0.25, 0.3) is 0 Å². The second-order valence-corrected chi connectivity index (χ2v) is 7.47. The highest BCUT2D eigenvalue weighted by Crippen LogP contribution is 2.38. The molecule has 1 heterocycles. The lowest BCUT2D eigenvalue weighted by atomic mass is 9.99. The Morgan fingerprint density at radius 3 is 2.36 bits per heavy atom. The summed E-state index contributed by atoms with van der Waals surface area (Å²) >= 11 is 0. The molecule has 1 aliphatic rings.